The van der Waals surface area contributed by atoms with Crippen molar-refractivity contribution in [2.75, 3.05) is 5.32 Å². The molecule has 0 radical (unpaired) electrons. The number of nitrogens with zero attached hydrogens (tertiary/aromatic N) is 3. The molecule has 0 aromatic carbocycles. The lowest BCUT2D eigenvalue weighted by atomic mass is 10.3. The molecule has 0 atom stereocenters. The molecule has 0 unspecified atom stereocenters. The van der Waals surface area contributed by atoms with Crippen molar-refractivity contribution in [3.05, 3.63) is 34.8 Å². The Labute approximate surface area is 134 Å². The normalized spacial score (nSPS) is 14.1. The summed E-state index contributed by atoms with van der Waals surface area (Å²) in [5.74, 6) is -0.206. The van der Waals surface area contributed by atoms with Gasteiger partial charge in [-0.05, 0) is 25.0 Å². The van der Waals surface area contributed by atoms with Crippen molar-refractivity contribution in [2.24, 2.45) is 0 Å². The Morgan fingerprint density at radius 1 is 1.43 bits per heavy atom. The minimum absolute atomic E-state index is 0.252. The summed E-state index contributed by atoms with van der Waals surface area (Å²) < 4.78 is 1.61. The van der Waals surface area contributed by atoms with Gasteiger partial charge < -0.3 is 10.4 Å². The van der Waals surface area contributed by atoms with Crippen LogP contribution < -0.4 is 5.32 Å². The molecule has 7 nitrogen and oxygen atoms in total. The van der Waals surface area contributed by atoms with E-state index in [0.29, 0.717) is 22.9 Å². The first-order chi connectivity index (χ1) is 11.2. The third-order valence-electron chi connectivity index (χ3n) is 3.62. The van der Waals surface area contributed by atoms with Gasteiger partial charge in [0, 0.05) is 12.1 Å². The number of nitrogens with one attached hydrogen (secondary N) is 1. The molecule has 1 saturated carbocycles. The Balaban J connectivity index is 1.87. The maximum Gasteiger partial charge on any atom is 0.345 e. The summed E-state index contributed by atoms with van der Waals surface area (Å²) >= 11 is 1.15. The molecule has 0 amide bonds. The van der Waals surface area contributed by atoms with E-state index in [-0.39, 0.29) is 4.88 Å². The highest BCUT2D eigenvalue weighted by Crippen LogP contribution is 2.31. The molecular formula is C15H12N4O3S. The minimum Gasteiger partial charge on any atom is -0.477 e. The highest BCUT2D eigenvalue weighted by Gasteiger charge is 2.23. The van der Waals surface area contributed by atoms with Crippen LogP contribution in [0.1, 0.15) is 32.9 Å². The van der Waals surface area contributed by atoms with Crippen molar-refractivity contribution in [2.45, 2.75) is 18.9 Å². The van der Waals surface area contributed by atoms with E-state index >= 15 is 0 Å². The Bertz CT molecular complexity index is 926. The Hall–Kier alpha value is -2.74. The predicted molar refractivity (Wildman–Crippen MR) is 85.3 cm³/mol. The number of carbonyl (C=O) groups is 2. The first kappa shape index (κ1) is 13.9. The van der Waals surface area contributed by atoms with Gasteiger partial charge in [0.15, 0.2) is 11.9 Å². The number of hydrogen-bond donors (Lipinski definition) is 2. The van der Waals surface area contributed by atoms with Crippen molar-refractivity contribution in [1.29, 1.82) is 0 Å². The fourth-order valence-corrected chi connectivity index (χ4v) is 3.12. The van der Waals surface area contributed by atoms with Gasteiger partial charge in [-0.3, -0.25) is 4.79 Å². The average molecular weight is 328 g/mol. The van der Waals surface area contributed by atoms with E-state index < -0.39 is 5.97 Å². The lowest BCUT2D eigenvalue weighted by Crippen LogP contribution is -2.08. The molecular weight excluding hydrogens is 316 g/mol. The predicted octanol–water partition coefficient (Wildman–Crippen LogP) is 2.54. The zero-order valence-electron chi connectivity index (χ0n) is 11.9. The van der Waals surface area contributed by atoms with Gasteiger partial charge in [0.25, 0.3) is 0 Å². The molecule has 23 heavy (non-hydrogen) atoms. The highest BCUT2D eigenvalue weighted by atomic mass is 32.1. The quantitative estimate of drug-likeness (QED) is 0.699. The summed E-state index contributed by atoms with van der Waals surface area (Å²) in [5, 5.41) is 16.6. The van der Waals surface area contributed by atoms with Crippen LogP contribution in [0.2, 0.25) is 0 Å². The Morgan fingerprint density at radius 3 is 2.91 bits per heavy atom. The van der Waals surface area contributed by atoms with Gasteiger partial charge in [0.1, 0.15) is 10.7 Å². The van der Waals surface area contributed by atoms with E-state index in [0.717, 1.165) is 41.2 Å². The van der Waals surface area contributed by atoms with Crippen LogP contribution in [0, 0.1) is 0 Å². The van der Waals surface area contributed by atoms with E-state index in [1.54, 1.807) is 16.6 Å². The van der Waals surface area contributed by atoms with Crippen molar-refractivity contribution in [1.82, 2.24) is 14.6 Å². The number of aromatic carboxylic acids is 1. The van der Waals surface area contributed by atoms with Crippen LogP contribution in [0.15, 0.2) is 24.4 Å². The average Bonchev–Trinajstić information content (AvgIpc) is 3.06. The molecule has 0 saturated heterocycles. The molecule has 1 fully saturated rings. The summed E-state index contributed by atoms with van der Waals surface area (Å²) in [7, 11) is 0. The van der Waals surface area contributed by atoms with Gasteiger partial charge in [-0.1, -0.05) is 0 Å². The molecule has 3 aromatic rings. The molecule has 3 heterocycles. The largest absolute Gasteiger partial charge is 0.477 e. The second-order valence-electron chi connectivity index (χ2n) is 5.37. The number of fused-ring (bicyclic) bond motifs is 1. The smallest absolute Gasteiger partial charge is 0.345 e. The number of carbonyl (C=O) groups excluding carboxylic acids is 1. The third-order valence-corrected chi connectivity index (χ3v) is 4.72. The highest BCUT2D eigenvalue weighted by molar-refractivity contribution is 7.17. The van der Waals surface area contributed by atoms with E-state index in [1.165, 1.54) is 6.20 Å². The maximum atomic E-state index is 11.2. The number of rotatable bonds is 5. The summed E-state index contributed by atoms with van der Waals surface area (Å²) in [6, 6.07) is 5.53. The molecule has 0 bridgehead atoms. The van der Waals surface area contributed by atoms with Crippen molar-refractivity contribution >= 4 is 35.1 Å². The van der Waals surface area contributed by atoms with Crippen molar-refractivity contribution in [3.63, 3.8) is 0 Å². The van der Waals surface area contributed by atoms with Gasteiger partial charge in [0.05, 0.1) is 22.3 Å². The fourth-order valence-electron chi connectivity index (χ4n) is 2.32. The molecule has 4 rings (SSSR count). The van der Waals surface area contributed by atoms with Gasteiger partial charge in [-0.25, -0.2) is 9.78 Å². The first-order valence-corrected chi connectivity index (χ1v) is 7.91. The number of anilines is 1. The van der Waals surface area contributed by atoms with Gasteiger partial charge >= 0.3 is 5.97 Å². The van der Waals surface area contributed by atoms with Gasteiger partial charge in [-0.15, -0.1) is 11.3 Å². The Kier molecular flexibility index (Phi) is 3.12. The molecule has 0 spiro atoms. The number of hydrogen-bond acceptors (Lipinski definition) is 6. The van der Waals surface area contributed by atoms with Crippen LogP contribution in [0.3, 0.4) is 0 Å². The molecule has 1 aliphatic rings. The van der Waals surface area contributed by atoms with Gasteiger partial charge in [-0.2, -0.15) is 9.61 Å². The zero-order chi connectivity index (χ0) is 16.0. The van der Waals surface area contributed by atoms with Crippen LogP contribution >= 0.6 is 11.3 Å². The molecule has 2 N–H and O–H groups in total. The number of aldehydes is 1. The van der Waals surface area contributed by atoms with Crippen LogP contribution in [0.4, 0.5) is 5.82 Å². The second kappa shape index (κ2) is 5.17. The summed E-state index contributed by atoms with van der Waals surface area (Å²) in [4.78, 5) is 27.7. The van der Waals surface area contributed by atoms with E-state index in [1.807, 2.05) is 6.07 Å². The lowest BCUT2D eigenvalue weighted by Gasteiger charge is -2.09. The second-order valence-corrected chi connectivity index (χ2v) is 6.45. The number of carboxylic acids is 1. The van der Waals surface area contributed by atoms with Crippen LogP contribution in [-0.4, -0.2) is 38.0 Å². The van der Waals surface area contributed by atoms with Crippen LogP contribution in [0.25, 0.3) is 16.2 Å². The van der Waals surface area contributed by atoms with Crippen molar-refractivity contribution < 1.29 is 14.7 Å². The Morgan fingerprint density at radius 2 is 2.26 bits per heavy atom. The van der Waals surface area contributed by atoms with Crippen LogP contribution in [-0.2, 0) is 0 Å². The van der Waals surface area contributed by atoms with Crippen molar-refractivity contribution in [3.8, 4) is 10.6 Å². The monoisotopic (exact) mass is 328 g/mol. The van der Waals surface area contributed by atoms with Gasteiger partial charge in [0.2, 0.25) is 0 Å². The molecule has 0 aliphatic heterocycles. The third kappa shape index (κ3) is 2.46. The fraction of sp³-hybridized carbons (Fsp3) is 0.200. The number of carboxylic acid groups (broad SMARTS) is 1. The maximum absolute atomic E-state index is 11.2. The molecule has 116 valence electrons. The first-order valence-electron chi connectivity index (χ1n) is 7.09. The molecule has 3 aromatic heterocycles. The topological polar surface area (TPSA) is 96.6 Å². The summed E-state index contributed by atoms with van der Waals surface area (Å²) in [6.45, 7) is 0. The summed E-state index contributed by atoms with van der Waals surface area (Å²) in [5.41, 5.74) is 1.49. The van der Waals surface area contributed by atoms with E-state index in [4.69, 9.17) is 5.11 Å². The number of aromatic nitrogens is 3. The SMILES string of the molecule is O=Cc1cnn2c(NC3CC3)cc(-c3ccc(C(=O)O)s3)nc12. The number of thiophene rings is 1. The lowest BCUT2D eigenvalue weighted by molar-refractivity contribution is 0.0702. The molecule has 1 aliphatic carbocycles. The standard InChI is InChI=1S/C15H12N4O3S/c20-7-8-6-16-19-13(17-9-1-2-9)5-10(18-14(8)19)11-3-4-12(23-11)15(21)22/h3-7,9,17H,1-2H2,(H,21,22). The minimum atomic E-state index is -0.961. The molecule has 8 heteroatoms. The van der Waals surface area contributed by atoms with Crippen LogP contribution in [0.5, 0.6) is 0 Å². The zero-order valence-corrected chi connectivity index (χ0v) is 12.7. The van der Waals surface area contributed by atoms with E-state index in [9.17, 15) is 9.59 Å². The summed E-state index contributed by atoms with van der Waals surface area (Å²) in [6.07, 6.45) is 4.40. The van der Waals surface area contributed by atoms with E-state index in [2.05, 4.69) is 15.4 Å².